The molecule has 6 heteroatoms. The third kappa shape index (κ3) is 5.44. The SMILES string of the molecule is CC1(COCCC#N)OCC(COCCC#N)O1. The molecule has 0 saturated carbocycles. The molecule has 2 atom stereocenters. The minimum atomic E-state index is -0.765. The van der Waals surface area contributed by atoms with Gasteiger partial charge in [0, 0.05) is 0 Å². The highest BCUT2D eigenvalue weighted by atomic mass is 16.8. The molecule has 0 radical (unpaired) electrons. The van der Waals surface area contributed by atoms with E-state index in [2.05, 4.69) is 0 Å². The lowest BCUT2D eigenvalue weighted by molar-refractivity contribution is -0.193. The van der Waals surface area contributed by atoms with Gasteiger partial charge in [-0.15, -0.1) is 0 Å². The molecular weight excluding hydrogens is 236 g/mol. The normalized spacial score (nSPS) is 26.7. The highest BCUT2D eigenvalue weighted by Crippen LogP contribution is 2.23. The van der Waals surface area contributed by atoms with Crippen molar-refractivity contribution in [3.8, 4) is 12.1 Å². The molecule has 0 aromatic heterocycles. The van der Waals surface area contributed by atoms with Gasteiger partial charge in [-0.1, -0.05) is 0 Å². The lowest BCUT2D eigenvalue weighted by Crippen LogP contribution is -2.33. The van der Waals surface area contributed by atoms with Crippen LogP contribution < -0.4 is 0 Å². The Labute approximate surface area is 107 Å². The van der Waals surface area contributed by atoms with Crippen molar-refractivity contribution in [2.75, 3.05) is 33.0 Å². The van der Waals surface area contributed by atoms with E-state index in [1.165, 1.54) is 0 Å². The Kier molecular flexibility index (Phi) is 6.63. The van der Waals surface area contributed by atoms with Crippen molar-refractivity contribution in [2.45, 2.75) is 31.7 Å². The van der Waals surface area contributed by atoms with E-state index in [0.717, 1.165) is 0 Å². The predicted molar refractivity (Wildman–Crippen MR) is 61.3 cm³/mol. The summed E-state index contributed by atoms with van der Waals surface area (Å²) in [5.74, 6) is -0.765. The number of hydrogen-bond acceptors (Lipinski definition) is 6. The van der Waals surface area contributed by atoms with Crippen LogP contribution in [0.1, 0.15) is 19.8 Å². The second-order valence-electron chi connectivity index (χ2n) is 4.13. The third-order valence-corrected chi connectivity index (χ3v) is 2.37. The van der Waals surface area contributed by atoms with Crippen molar-refractivity contribution < 1.29 is 18.9 Å². The monoisotopic (exact) mass is 254 g/mol. The molecule has 0 N–H and O–H groups in total. The predicted octanol–water partition coefficient (Wildman–Crippen LogP) is 0.979. The van der Waals surface area contributed by atoms with E-state index in [-0.39, 0.29) is 6.10 Å². The van der Waals surface area contributed by atoms with Crippen LogP contribution in [0.25, 0.3) is 0 Å². The van der Waals surface area contributed by atoms with Crippen LogP contribution in [0, 0.1) is 22.7 Å². The van der Waals surface area contributed by atoms with Gasteiger partial charge in [0.25, 0.3) is 0 Å². The van der Waals surface area contributed by atoms with E-state index in [1.807, 2.05) is 12.1 Å². The van der Waals surface area contributed by atoms with Gasteiger partial charge in [-0.2, -0.15) is 10.5 Å². The van der Waals surface area contributed by atoms with Crippen molar-refractivity contribution >= 4 is 0 Å². The average molecular weight is 254 g/mol. The molecule has 0 bridgehead atoms. The van der Waals surface area contributed by atoms with E-state index < -0.39 is 5.79 Å². The summed E-state index contributed by atoms with van der Waals surface area (Å²) in [4.78, 5) is 0. The lowest BCUT2D eigenvalue weighted by atomic mass is 10.3. The van der Waals surface area contributed by atoms with Gasteiger partial charge >= 0.3 is 0 Å². The minimum Gasteiger partial charge on any atom is -0.378 e. The highest BCUT2D eigenvalue weighted by Gasteiger charge is 2.37. The number of hydrogen-bond donors (Lipinski definition) is 0. The van der Waals surface area contributed by atoms with Gasteiger partial charge in [0.1, 0.15) is 12.7 Å². The van der Waals surface area contributed by atoms with E-state index in [1.54, 1.807) is 6.92 Å². The molecule has 0 aromatic rings. The minimum absolute atomic E-state index is 0.131. The molecule has 0 aliphatic carbocycles. The molecular formula is C12H18N2O4. The Morgan fingerprint density at radius 2 is 1.89 bits per heavy atom. The molecule has 6 nitrogen and oxygen atoms in total. The molecule has 0 aromatic carbocycles. The Balaban J connectivity index is 2.14. The van der Waals surface area contributed by atoms with Gasteiger partial charge in [0.15, 0.2) is 5.79 Å². The van der Waals surface area contributed by atoms with E-state index in [4.69, 9.17) is 29.5 Å². The summed E-state index contributed by atoms with van der Waals surface area (Å²) in [6.45, 7) is 3.74. The maximum atomic E-state index is 8.37. The first kappa shape index (κ1) is 14.9. The molecule has 100 valence electrons. The van der Waals surface area contributed by atoms with Crippen molar-refractivity contribution in [1.29, 1.82) is 10.5 Å². The van der Waals surface area contributed by atoms with Crippen LogP contribution in [0.2, 0.25) is 0 Å². The van der Waals surface area contributed by atoms with E-state index >= 15 is 0 Å². The number of nitrogens with zero attached hydrogens (tertiary/aromatic N) is 2. The topological polar surface area (TPSA) is 84.5 Å². The molecule has 18 heavy (non-hydrogen) atoms. The van der Waals surface area contributed by atoms with Crippen molar-refractivity contribution in [2.24, 2.45) is 0 Å². The summed E-state index contributed by atoms with van der Waals surface area (Å²) in [6, 6.07) is 4.01. The maximum Gasteiger partial charge on any atom is 0.189 e. The third-order valence-electron chi connectivity index (χ3n) is 2.37. The van der Waals surface area contributed by atoms with Crippen LogP contribution in [0.15, 0.2) is 0 Å². The Bertz CT molecular complexity index is 323. The fourth-order valence-electron chi connectivity index (χ4n) is 1.56. The Morgan fingerprint density at radius 1 is 1.22 bits per heavy atom. The number of ether oxygens (including phenoxy) is 4. The second kappa shape index (κ2) is 8.02. The summed E-state index contributed by atoms with van der Waals surface area (Å²) >= 11 is 0. The number of nitriles is 2. The van der Waals surface area contributed by atoms with Gasteiger partial charge in [0.2, 0.25) is 0 Å². The van der Waals surface area contributed by atoms with Gasteiger partial charge in [-0.3, -0.25) is 0 Å². The summed E-state index contributed by atoms with van der Waals surface area (Å²) < 4.78 is 21.8. The second-order valence-corrected chi connectivity index (χ2v) is 4.13. The molecule has 1 rings (SSSR count). The van der Waals surface area contributed by atoms with Crippen molar-refractivity contribution in [1.82, 2.24) is 0 Å². The number of rotatable bonds is 8. The summed E-state index contributed by atoms with van der Waals surface area (Å²) in [6.07, 6.45) is 0.604. The van der Waals surface area contributed by atoms with Crippen LogP contribution >= 0.6 is 0 Å². The summed E-state index contributed by atoms with van der Waals surface area (Å²) in [5.41, 5.74) is 0. The standard InChI is InChI=1S/C12H18N2O4/c1-12(10-16-7-3-5-14)17-9-11(18-12)8-15-6-2-4-13/h11H,2-3,6-10H2,1H3. The zero-order valence-corrected chi connectivity index (χ0v) is 10.6. The molecule has 0 amide bonds. The van der Waals surface area contributed by atoms with Crippen LogP contribution in [0.5, 0.6) is 0 Å². The first-order valence-corrected chi connectivity index (χ1v) is 5.91. The van der Waals surface area contributed by atoms with Crippen LogP contribution in [-0.4, -0.2) is 44.9 Å². The van der Waals surface area contributed by atoms with Gasteiger partial charge in [-0.25, -0.2) is 0 Å². The maximum absolute atomic E-state index is 8.37. The molecule has 1 fully saturated rings. The Hall–Kier alpha value is -1.18. The fraction of sp³-hybridized carbons (Fsp3) is 0.833. The smallest absolute Gasteiger partial charge is 0.189 e. The highest BCUT2D eigenvalue weighted by molar-refractivity contribution is 4.76. The first-order valence-electron chi connectivity index (χ1n) is 5.91. The van der Waals surface area contributed by atoms with Crippen LogP contribution in [0.3, 0.4) is 0 Å². The van der Waals surface area contributed by atoms with Gasteiger partial charge < -0.3 is 18.9 Å². The van der Waals surface area contributed by atoms with Crippen LogP contribution in [-0.2, 0) is 18.9 Å². The van der Waals surface area contributed by atoms with Crippen molar-refractivity contribution in [3.63, 3.8) is 0 Å². The molecule has 1 heterocycles. The zero-order valence-electron chi connectivity index (χ0n) is 10.6. The molecule has 1 saturated heterocycles. The molecule has 2 unspecified atom stereocenters. The van der Waals surface area contributed by atoms with Gasteiger partial charge in [-0.05, 0) is 6.92 Å². The summed E-state index contributed by atoms with van der Waals surface area (Å²) in [7, 11) is 0. The summed E-state index contributed by atoms with van der Waals surface area (Å²) in [5, 5.41) is 16.7. The first-order chi connectivity index (χ1) is 8.70. The quantitative estimate of drug-likeness (QED) is 0.600. The fourth-order valence-corrected chi connectivity index (χ4v) is 1.56. The Morgan fingerprint density at radius 3 is 2.56 bits per heavy atom. The molecule has 0 spiro atoms. The van der Waals surface area contributed by atoms with Crippen LogP contribution in [0.4, 0.5) is 0 Å². The van der Waals surface area contributed by atoms with Gasteiger partial charge in [0.05, 0.1) is 51.4 Å². The zero-order chi connectivity index (χ0) is 13.3. The lowest BCUT2D eigenvalue weighted by Gasteiger charge is -2.22. The molecule has 1 aliphatic rings. The van der Waals surface area contributed by atoms with E-state index in [0.29, 0.717) is 45.9 Å². The largest absolute Gasteiger partial charge is 0.378 e. The average Bonchev–Trinajstić information content (AvgIpc) is 2.73. The van der Waals surface area contributed by atoms with Crippen molar-refractivity contribution in [3.05, 3.63) is 0 Å². The molecule has 1 aliphatic heterocycles. The van der Waals surface area contributed by atoms with E-state index in [9.17, 15) is 0 Å².